The maximum atomic E-state index is 14.3. The molecule has 0 saturated heterocycles. The standard InChI is InChI=1S/C39H53N5O10/c1-23(52-5)31(35(47)41-22-26-15-18-28(54-7)20-30(26)45)43-36(48)32(40-21-25-13-16-27(53-6)17-14-25)33(46)29(19-24-11-9-8-10-12-24)42-37(49)34(39(2,3)4)44-38(50)51/h8-18,20,23,29,31-34,40,44-46H,19,21-22H2,1-7H3,(H,41,47)(H,42,49)(H,43,48)(H,50,51). The number of aliphatic hydroxyl groups is 1. The maximum Gasteiger partial charge on any atom is 0.405 e. The maximum absolute atomic E-state index is 14.3. The van der Waals surface area contributed by atoms with Gasteiger partial charge in [0.25, 0.3) is 0 Å². The number of carbonyl (C=O) groups is 4. The molecule has 0 aliphatic rings. The number of benzene rings is 3. The SMILES string of the molecule is COc1ccc(CNC(C(=O)NC(C(=O)NCc2ccc(OC)cc2O)C(C)OC)C(O)C(Cc2ccccc2)NC(=O)C(NC(=O)O)C(C)(C)C)cc1. The largest absolute Gasteiger partial charge is 0.507 e. The first-order valence-electron chi connectivity index (χ1n) is 17.4. The quantitative estimate of drug-likeness (QED) is 0.0891. The molecule has 0 bridgehead atoms. The number of hydrogen-bond donors (Lipinski definition) is 8. The third-order valence-corrected chi connectivity index (χ3v) is 8.91. The molecule has 0 heterocycles. The molecule has 4 amide bonds. The molecule has 8 N–H and O–H groups in total. The van der Waals surface area contributed by atoms with Crippen LogP contribution in [0.25, 0.3) is 0 Å². The van der Waals surface area contributed by atoms with Crippen LogP contribution in [0.4, 0.5) is 4.79 Å². The van der Waals surface area contributed by atoms with Gasteiger partial charge in [0, 0.05) is 31.8 Å². The summed E-state index contributed by atoms with van der Waals surface area (Å²) in [4.78, 5) is 53.3. The van der Waals surface area contributed by atoms with Crippen LogP contribution in [0.2, 0.25) is 0 Å². The van der Waals surface area contributed by atoms with Gasteiger partial charge in [0.1, 0.15) is 35.4 Å². The van der Waals surface area contributed by atoms with Gasteiger partial charge in [0.15, 0.2) is 0 Å². The van der Waals surface area contributed by atoms with Crippen LogP contribution >= 0.6 is 0 Å². The Balaban J connectivity index is 1.97. The third kappa shape index (κ3) is 12.6. The molecule has 0 aliphatic heterocycles. The summed E-state index contributed by atoms with van der Waals surface area (Å²) in [6, 6.07) is 15.6. The molecule has 294 valence electrons. The van der Waals surface area contributed by atoms with Crippen molar-refractivity contribution in [2.75, 3.05) is 21.3 Å². The lowest BCUT2D eigenvalue weighted by Gasteiger charge is -2.35. The van der Waals surface area contributed by atoms with Crippen molar-refractivity contribution in [3.8, 4) is 17.2 Å². The smallest absolute Gasteiger partial charge is 0.405 e. The second-order valence-corrected chi connectivity index (χ2v) is 13.9. The van der Waals surface area contributed by atoms with Gasteiger partial charge in [-0.25, -0.2) is 4.79 Å². The molecule has 0 aliphatic carbocycles. The zero-order valence-corrected chi connectivity index (χ0v) is 31.7. The summed E-state index contributed by atoms with van der Waals surface area (Å²) in [6.07, 6.45) is -3.79. The predicted octanol–water partition coefficient (Wildman–Crippen LogP) is 2.47. The van der Waals surface area contributed by atoms with Crippen molar-refractivity contribution in [3.63, 3.8) is 0 Å². The molecular formula is C39H53N5O10. The topological polar surface area (TPSA) is 217 Å². The lowest BCUT2D eigenvalue weighted by molar-refractivity contribution is -0.135. The van der Waals surface area contributed by atoms with Crippen LogP contribution in [-0.4, -0.2) is 96.8 Å². The summed E-state index contributed by atoms with van der Waals surface area (Å²) in [5, 5.41) is 45.6. The second-order valence-electron chi connectivity index (χ2n) is 13.9. The number of amides is 4. The Morgan fingerprint density at radius 2 is 1.37 bits per heavy atom. The Morgan fingerprint density at radius 3 is 1.93 bits per heavy atom. The van der Waals surface area contributed by atoms with Gasteiger partial charge in [-0.05, 0) is 54.2 Å². The molecule has 0 saturated carbocycles. The van der Waals surface area contributed by atoms with E-state index in [2.05, 4.69) is 26.6 Å². The number of phenols is 1. The van der Waals surface area contributed by atoms with Crippen LogP contribution in [0.1, 0.15) is 44.4 Å². The van der Waals surface area contributed by atoms with E-state index in [1.807, 2.05) is 6.07 Å². The first kappa shape index (κ1) is 43.0. The van der Waals surface area contributed by atoms with Crippen LogP contribution in [-0.2, 0) is 38.6 Å². The summed E-state index contributed by atoms with van der Waals surface area (Å²) in [5.41, 5.74) is 1.01. The number of methoxy groups -OCH3 is 3. The second kappa shape index (κ2) is 20.2. The highest BCUT2D eigenvalue weighted by atomic mass is 16.5. The molecule has 6 atom stereocenters. The molecule has 6 unspecified atom stereocenters. The summed E-state index contributed by atoms with van der Waals surface area (Å²) < 4.78 is 15.8. The van der Waals surface area contributed by atoms with E-state index in [1.54, 1.807) is 88.4 Å². The van der Waals surface area contributed by atoms with Gasteiger partial charge in [-0.1, -0.05) is 63.2 Å². The number of phenolic OH excluding ortho intramolecular Hbond substituents is 1. The van der Waals surface area contributed by atoms with Crippen LogP contribution in [0.3, 0.4) is 0 Å². The van der Waals surface area contributed by atoms with Crippen molar-refractivity contribution in [3.05, 3.63) is 89.5 Å². The van der Waals surface area contributed by atoms with Gasteiger partial charge in [-0.3, -0.25) is 19.7 Å². The summed E-state index contributed by atoms with van der Waals surface area (Å²) >= 11 is 0. The van der Waals surface area contributed by atoms with Gasteiger partial charge in [-0.2, -0.15) is 0 Å². The molecule has 15 nitrogen and oxygen atoms in total. The number of hydrogen-bond acceptors (Lipinski definition) is 10. The van der Waals surface area contributed by atoms with Gasteiger partial charge >= 0.3 is 6.09 Å². The average molecular weight is 752 g/mol. The van der Waals surface area contributed by atoms with E-state index in [0.717, 1.165) is 11.1 Å². The van der Waals surface area contributed by atoms with Crippen molar-refractivity contribution in [1.82, 2.24) is 26.6 Å². The molecule has 3 aromatic rings. The molecule has 0 fully saturated rings. The van der Waals surface area contributed by atoms with Gasteiger partial charge in [0.2, 0.25) is 17.7 Å². The monoisotopic (exact) mass is 751 g/mol. The highest BCUT2D eigenvalue weighted by molar-refractivity contribution is 5.91. The van der Waals surface area contributed by atoms with E-state index in [1.165, 1.54) is 27.4 Å². The lowest BCUT2D eigenvalue weighted by atomic mass is 9.85. The van der Waals surface area contributed by atoms with Crippen LogP contribution in [0.5, 0.6) is 17.2 Å². The molecule has 54 heavy (non-hydrogen) atoms. The summed E-state index contributed by atoms with van der Waals surface area (Å²) in [6.45, 7) is 6.68. The minimum absolute atomic E-state index is 0.0649. The molecule has 3 rings (SSSR count). The first-order valence-corrected chi connectivity index (χ1v) is 17.4. The van der Waals surface area contributed by atoms with E-state index in [9.17, 15) is 34.5 Å². The van der Waals surface area contributed by atoms with Gasteiger partial charge in [0.05, 0.1) is 32.5 Å². The Kier molecular flexibility index (Phi) is 16.1. The minimum Gasteiger partial charge on any atom is -0.507 e. The fourth-order valence-electron chi connectivity index (χ4n) is 5.65. The molecular weight excluding hydrogens is 698 g/mol. The van der Waals surface area contributed by atoms with E-state index in [0.29, 0.717) is 17.1 Å². The molecule has 3 aromatic carbocycles. The van der Waals surface area contributed by atoms with Crippen molar-refractivity contribution in [1.29, 1.82) is 0 Å². The van der Waals surface area contributed by atoms with Gasteiger partial charge in [-0.15, -0.1) is 0 Å². The van der Waals surface area contributed by atoms with E-state index >= 15 is 0 Å². The van der Waals surface area contributed by atoms with E-state index < -0.39 is 65.6 Å². The Bertz CT molecular complexity index is 1680. The zero-order chi connectivity index (χ0) is 40.0. The lowest BCUT2D eigenvalue weighted by Crippen LogP contribution is -2.64. The van der Waals surface area contributed by atoms with E-state index in [-0.39, 0.29) is 25.3 Å². The summed E-state index contributed by atoms with van der Waals surface area (Å²) in [5.74, 6) is -1.16. The minimum atomic E-state index is -1.62. The molecule has 0 aromatic heterocycles. The predicted molar refractivity (Wildman–Crippen MR) is 201 cm³/mol. The number of ether oxygens (including phenoxy) is 3. The average Bonchev–Trinajstić information content (AvgIpc) is 3.14. The first-order chi connectivity index (χ1) is 25.6. The normalized spacial score (nSPS) is 14.7. The van der Waals surface area contributed by atoms with Gasteiger partial charge < -0.3 is 50.8 Å². The van der Waals surface area contributed by atoms with Crippen LogP contribution < -0.4 is 36.1 Å². The fraction of sp³-hybridized carbons (Fsp3) is 0.436. The number of nitrogens with one attached hydrogen (secondary N) is 5. The number of aromatic hydroxyl groups is 1. The fourth-order valence-corrected chi connectivity index (χ4v) is 5.65. The molecule has 15 heteroatoms. The Morgan fingerprint density at radius 1 is 0.741 bits per heavy atom. The highest BCUT2D eigenvalue weighted by Gasteiger charge is 2.40. The number of carbonyl (C=O) groups excluding carboxylic acids is 3. The Labute approximate surface area is 315 Å². The Hall–Kier alpha value is -5.38. The summed E-state index contributed by atoms with van der Waals surface area (Å²) in [7, 11) is 4.38. The van der Waals surface area contributed by atoms with Crippen LogP contribution in [0, 0.1) is 5.41 Å². The molecule has 0 spiro atoms. The van der Waals surface area contributed by atoms with Crippen molar-refractivity contribution >= 4 is 23.8 Å². The van der Waals surface area contributed by atoms with Crippen molar-refractivity contribution in [2.24, 2.45) is 5.41 Å². The number of aliphatic hydroxyl groups excluding tert-OH is 1. The van der Waals surface area contributed by atoms with Crippen LogP contribution in [0.15, 0.2) is 72.8 Å². The number of rotatable bonds is 19. The highest BCUT2D eigenvalue weighted by Crippen LogP contribution is 2.24. The third-order valence-electron chi connectivity index (χ3n) is 8.91. The van der Waals surface area contributed by atoms with Crippen molar-refractivity contribution < 1.29 is 48.7 Å². The molecule has 0 radical (unpaired) electrons. The zero-order valence-electron chi connectivity index (χ0n) is 31.7. The van der Waals surface area contributed by atoms with Crippen molar-refractivity contribution in [2.45, 2.75) is 83.6 Å². The van der Waals surface area contributed by atoms with E-state index in [4.69, 9.17) is 14.2 Å². The number of carboxylic acid groups (broad SMARTS) is 1.